The van der Waals surface area contributed by atoms with Crippen molar-refractivity contribution in [3.05, 3.63) is 12.2 Å². The summed E-state index contributed by atoms with van der Waals surface area (Å²) in [6, 6.07) is 0. The monoisotopic (exact) mass is 297 g/mol. The fraction of sp³-hybridized carbons (Fsp3) is 0.733. The Hall–Kier alpha value is -0.970. The van der Waals surface area contributed by atoms with Crippen LogP contribution in [0.2, 0.25) is 0 Å². The average Bonchev–Trinajstić information content (AvgIpc) is 2.94. The molecule has 4 nitrogen and oxygen atoms in total. The van der Waals surface area contributed by atoms with Gasteiger partial charge in [-0.15, -0.1) is 0 Å². The van der Waals surface area contributed by atoms with Gasteiger partial charge in [0, 0.05) is 11.3 Å². The van der Waals surface area contributed by atoms with Crippen molar-refractivity contribution in [2.24, 2.45) is 11.8 Å². The van der Waals surface area contributed by atoms with Gasteiger partial charge in [-0.3, -0.25) is 9.59 Å². The van der Waals surface area contributed by atoms with Crippen LogP contribution in [0.1, 0.15) is 38.5 Å². The molecule has 112 valence electrons. The SMILES string of the molecule is CSC1(CNC(=O)[C@@H]2CC=CC[C@@H]2C(=O)O)CCCC1. The first-order valence-electron chi connectivity index (χ1n) is 7.29. The Labute approximate surface area is 124 Å². The van der Waals surface area contributed by atoms with E-state index in [0.717, 1.165) is 12.8 Å². The van der Waals surface area contributed by atoms with Gasteiger partial charge in [0.15, 0.2) is 0 Å². The number of thioether (sulfide) groups is 1. The summed E-state index contributed by atoms with van der Waals surface area (Å²) < 4.78 is 0.166. The highest BCUT2D eigenvalue weighted by molar-refractivity contribution is 8.00. The maximum atomic E-state index is 12.3. The van der Waals surface area contributed by atoms with E-state index >= 15 is 0 Å². The molecule has 2 rings (SSSR count). The second-order valence-electron chi connectivity index (χ2n) is 5.81. The van der Waals surface area contributed by atoms with Crippen molar-refractivity contribution in [1.82, 2.24) is 5.32 Å². The summed E-state index contributed by atoms with van der Waals surface area (Å²) in [5, 5.41) is 12.2. The zero-order valence-corrected chi connectivity index (χ0v) is 12.7. The second-order valence-corrected chi connectivity index (χ2v) is 7.08. The number of carbonyl (C=O) groups excluding carboxylic acids is 1. The van der Waals surface area contributed by atoms with E-state index in [4.69, 9.17) is 0 Å². The molecule has 2 N–H and O–H groups in total. The summed E-state index contributed by atoms with van der Waals surface area (Å²) in [7, 11) is 0. The lowest BCUT2D eigenvalue weighted by Crippen LogP contribution is -2.44. The highest BCUT2D eigenvalue weighted by Gasteiger charge is 2.37. The number of amides is 1. The van der Waals surface area contributed by atoms with Crippen LogP contribution in [0.3, 0.4) is 0 Å². The molecule has 0 saturated heterocycles. The summed E-state index contributed by atoms with van der Waals surface area (Å²) in [5.41, 5.74) is 0. The Balaban J connectivity index is 1.93. The Morgan fingerprint density at radius 2 is 1.85 bits per heavy atom. The summed E-state index contributed by atoms with van der Waals surface area (Å²) in [6.07, 6.45) is 11.6. The standard InChI is InChI=1S/C15H23NO3S/c1-20-15(8-4-5-9-15)10-16-13(17)11-6-2-3-7-12(11)14(18)19/h2-3,11-12H,4-10H2,1H3,(H,16,17)(H,18,19)/t11-,12+/m1/s1. The van der Waals surface area contributed by atoms with E-state index in [1.165, 1.54) is 12.8 Å². The summed E-state index contributed by atoms with van der Waals surface area (Å²) >= 11 is 1.83. The fourth-order valence-corrected chi connectivity index (χ4v) is 4.14. The van der Waals surface area contributed by atoms with Crippen LogP contribution in [-0.2, 0) is 9.59 Å². The number of carboxylic acid groups (broad SMARTS) is 1. The van der Waals surface area contributed by atoms with Gasteiger partial charge in [-0.2, -0.15) is 11.8 Å². The van der Waals surface area contributed by atoms with E-state index in [9.17, 15) is 14.7 Å². The van der Waals surface area contributed by atoms with Gasteiger partial charge in [-0.05, 0) is 31.9 Å². The van der Waals surface area contributed by atoms with E-state index in [-0.39, 0.29) is 10.7 Å². The minimum absolute atomic E-state index is 0.0953. The maximum absolute atomic E-state index is 12.3. The second kappa shape index (κ2) is 6.66. The Morgan fingerprint density at radius 3 is 2.40 bits per heavy atom. The largest absolute Gasteiger partial charge is 0.481 e. The quantitative estimate of drug-likeness (QED) is 0.765. The first kappa shape index (κ1) is 15.4. The highest BCUT2D eigenvalue weighted by Crippen LogP contribution is 2.39. The fourth-order valence-electron chi connectivity index (χ4n) is 3.23. The van der Waals surface area contributed by atoms with E-state index in [1.807, 2.05) is 23.9 Å². The van der Waals surface area contributed by atoms with Crippen LogP contribution in [0.4, 0.5) is 0 Å². The van der Waals surface area contributed by atoms with Crippen molar-refractivity contribution < 1.29 is 14.7 Å². The van der Waals surface area contributed by atoms with Crippen LogP contribution in [0.25, 0.3) is 0 Å². The molecule has 1 fully saturated rings. The Bertz CT molecular complexity index is 402. The maximum Gasteiger partial charge on any atom is 0.307 e. The molecule has 0 aromatic carbocycles. The van der Waals surface area contributed by atoms with Crippen LogP contribution in [0.5, 0.6) is 0 Å². The molecule has 20 heavy (non-hydrogen) atoms. The number of hydrogen-bond donors (Lipinski definition) is 2. The van der Waals surface area contributed by atoms with Gasteiger partial charge in [0.2, 0.25) is 5.91 Å². The minimum Gasteiger partial charge on any atom is -0.481 e. The highest BCUT2D eigenvalue weighted by atomic mass is 32.2. The third-order valence-corrected chi connectivity index (χ3v) is 6.04. The molecule has 1 amide bonds. The van der Waals surface area contributed by atoms with Crippen LogP contribution in [0.15, 0.2) is 12.2 Å². The van der Waals surface area contributed by atoms with Gasteiger partial charge in [-0.1, -0.05) is 25.0 Å². The predicted molar refractivity (Wildman–Crippen MR) is 80.7 cm³/mol. The number of hydrogen-bond acceptors (Lipinski definition) is 3. The van der Waals surface area contributed by atoms with Crippen molar-refractivity contribution in [3.8, 4) is 0 Å². The molecule has 0 heterocycles. The van der Waals surface area contributed by atoms with Crippen molar-refractivity contribution >= 4 is 23.6 Å². The predicted octanol–water partition coefficient (Wildman–Crippen LogP) is 2.45. The molecule has 5 heteroatoms. The van der Waals surface area contributed by atoms with Crippen LogP contribution in [0, 0.1) is 11.8 Å². The van der Waals surface area contributed by atoms with Crippen molar-refractivity contribution in [2.45, 2.75) is 43.3 Å². The minimum atomic E-state index is -0.866. The van der Waals surface area contributed by atoms with Gasteiger partial charge in [0.1, 0.15) is 0 Å². The zero-order valence-electron chi connectivity index (χ0n) is 11.9. The number of carbonyl (C=O) groups is 2. The number of aliphatic carboxylic acids is 1. The molecule has 0 aliphatic heterocycles. The third kappa shape index (κ3) is 3.37. The van der Waals surface area contributed by atoms with Gasteiger partial charge in [-0.25, -0.2) is 0 Å². The summed E-state index contributed by atoms with van der Waals surface area (Å²) in [6.45, 7) is 0.666. The molecule has 0 bridgehead atoms. The smallest absolute Gasteiger partial charge is 0.307 e. The summed E-state index contributed by atoms with van der Waals surface area (Å²) in [4.78, 5) is 23.5. The molecule has 2 aliphatic rings. The van der Waals surface area contributed by atoms with Gasteiger partial charge < -0.3 is 10.4 Å². The molecule has 0 unspecified atom stereocenters. The molecule has 0 radical (unpaired) electrons. The van der Waals surface area contributed by atoms with E-state index in [1.54, 1.807) is 0 Å². The molecule has 0 aromatic rings. The molecule has 2 atom stereocenters. The zero-order chi connectivity index (χ0) is 14.6. The molecule has 0 spiro atoms. The first-order chi connectivity index (χ1) is 9.58. The van der Waals surface area contributed by atoms with Gasteiger partial charge in [0.05, 0.1) is 11.8 Å². The molecule has 0 aromatic heterocycles. The molecular formula is C15H23NO3S. The van der Waals surface area contributed by atoms with Gasteiger partial charge in [0.25, 0.3) is 0 Å². The topological polar surface area (TPSA) is 66.4 Å². The van der Waals surface area contributed by atoms with Crippen molar-refractivity contribution in [1.29, 1.82) is 0 Å². The summed E-state index contributed by atoms with van der Waals surface area (Å²) in [5.74, 6) is -1.95. The lowest BCUT2D eigenvalue weighted by atomic mass is 9.82. The lowest BCUT2D eigenvalue weighted by molar-refractivity contribution is -0.147. The van der Waals surface area contributed by atoms with Gasteiger partial charge >= 0.3 is 5.97 Å². The van der Waals surface area contributed by atoms with E-state index < -0.39 is 17.8 Å². The van der Waals surface area contributed by atoms with E-state index in [2.05, 4.69) is 11.6 Å². The van der Waals surface area contributed by atoms with Crippen LogP contribution < -0.4 is 5.32 Å². The van der Waals surface area contributed by atoms with Crippen LogP contribution >= 0.6 is 11.8 Å². The van der Waals surface area contributed by atoms with Crippen molar-refractivity contribution in [2.75, 3.05) is 12.8 Å². The lowest BCUT2D eigenvalue weighted by Gasteiger charge is -2.29. The van der Waals surface area contributed by atoms with Crippen LogP contribution in [-0.4, -0.2) is 34.5 Å². The third-order valence-electron chi connectivity index (χ3n) is 4.62. The molecule has 1 saturated carbocycles. The Morgan fingerprint density at radius 1 is 1.25 bits per heavy atom. The normalized spacial score (nSPS) is 28.2. The number of carboxylic acids is 1. The molecule has 2 aliphatic carbocycles. The van der Waals surface area contributed by atoms with Crippen molar-refractivity contribution in [3.63, 3.8) is 0 Å². The first-order valence-corrected chi connectivity index (χ1v) is 8.51. The number of rotatable bonds is 5. The number of nitrogens with one attached hydrogen (secondary N) is 1. The average molecular weight is 297 g/mol. The van der Waals surface area contributed by atoms with E-state index in [0.29, 0.717) is 19.4 Å². The Kier molecular flexibility index (Phi) is 5.13. The molecular weight excluding hydrogens is 274 g/mol. The number of allylic oxidation sites excluding steroid dienone is 2.